The summed E-state index contributed by atoms with van der Waals surface area (Å²) in [5.74, 6) is 1.98. The molecule has 0 amide bonds. The Morgan fingerprint density at radius 3 is 2.90 bits per heavy atom. The Labute approximate surface area is 63.2 Å². The van der Waals surface area contributed by atoms with Gasteiger partial charge in [0.15, 0.2) is 0 Å². The lowest BCUT2D eigenvalue weighted by molar-refractivity contribution is 0.284. The maximum absolute atomic E-state index is 3.63. The van der Waals surface area contributed by atoms with Gasteiger partial charge in [0.2, 0.25) is 0 Å². The number of piperidine rings is 1. The van der Waals surface area contributed by atoms with Gasteiger partial charge in [-0.3, -0.25) is 0 Å². The highest BCUT2D eigenvalue weighted by atomic mass is 14.9. The third-order valence-electron chi connectivity index (χ3n) is 3.25. The van der Waals surface area contributed by atoms with E-state index in [1.165, 1.54) is 32.2 Å². The fraction of sp³-hybridized carbons (Fsp3) is 1.00. The van der Waals surface area contributed by atoms with E-state index in [0.29, 0.717) is 0 Å². The van der Waals surface area contributed by atoms with E-state index in [1.807, 2.05) is 0 Å². The summed E-state index contributed by atoms with van der Waals surface area (Å²) in [4.78, 5) is 0. The van der Waals surface area contributed by atoms with E-state index in [1.54, 1.807) is 0 Å². The zero-order valence-electron chi connectivity index (χ0n) is 6.77. The predicted octanol–water partition coefficient (Wildman–Crippen LogP) is 1.78. The van der Waals surface area contributed by atoms with E-state index in [0.717, 1.165) is 17.9 Å². The minimum absolute atomic E-state index is 0.883. The van der Waals surface area contributed by atoms with Gasteiger partial charge < -0.3 is 5.32 Å². The van der Waals surface area contributed by atoms with Crippen LogP contribution in [0.5, 0.6) is 0 Å². The maximum atomic E-state index is 3.63. The molecule has 2 rings (SSSR count). The van der Waals surface area contributed by atoms with Gasteiger partial charge >= 0.3 is 0 Å². The highest BCUT2D eigenvalue weighted by Gasteiger charge is 2.34. The molecule has 0 bridgehead atoms. The summed E-state index contributed by atoms with van der Waals surface area (Å²) >= 11 is 0. The van der Waals surface area contributed by atoms with Crippen molar-refractivity contribution in [2.24, 2.45) is 11.8 Å². The molecule has 2 aliphatic rings. The van der Waals surface area contributed by atoms with Crippen LogP contribution in [0, 0.1) is 11.8 Å². The molecular formula is C9H17N. The third kappa shape index (κ3) is 0.968. The Bertz CT molecular complexity index is 120. The van der Waals surface area contributed by atoms with Crippen LogP contribution in [0.25, 0.3) is 0 Å². The van der Waals surface area contributed by atoms with Crippen molar-refractivity contribution in [3.63, 3.8) is 0 Å². The zero-order valence-corrected chi connectivity index (χ0v) is 6.77. The van der Waals surface area contributed by atoms with Gasteiger partial charge in [-0.25, -0.2) is 0 Å². The Morgan fingerprint density at radius 2 is 2.10 bits per heavy atom. The number of hydrogen-bond acceptors (Lipinski definition) is 1. The van der Waals surface area contributed by atoms with E-state index in [9.17, 15) is 0 Å². The van der Waals surface area contributed by atoms with Gasteiger partial charge in [-0.2, -0.15) is 0 Å². The molecule has 0 radical (unpaired) electrons. The molecule has 1 saturated heterocycles. The van der Waals surface area contributed by atoms with Crippen molar-refractivity contribution in [2.75, 3.05) is 6.54 Å². The van der Waals surface area contributed by atoms with Crippen LogP contribution < -0.4 is 5.32 Å². The van der Waals surface area contributed by atoms with Gasteiger partial charge in [0.25, 0.3) is 0 Å². The van der Waals surface area contributed by atoms with E-state index in [-0.39, 0.29) is 0 Å². The highest BCUT2D eigenvalue weighted by Crippen LogP contribution is 2.35. The highest BCUT2D eigenvalue weighted by molar-refractivity contribution is 4.90. The van der Waals surface area contributed by atoms with Crippen LogP contribution in [0.1, 0.15) is 32.6 Å². The maximum Gasteiger partial charge on any atom is 0.0121 e. The Morgan fingerprint density at radius 1 is 1.20 bits per heavy atom. The summed E-state index contributed by atoms with van der Waals surface area (Å²) in [6, 6.07) is 0.883. The second kappa shape index (κ2) is 2.54. The van der Waals surface area contributed by atoms with Crippen molar-refractivity contribution in [1.29, 1.82) is 0 Å². The van der Waals surface area contributed by atoms with Crippen LogP contribution in [0.15, 0.2) is 0 Å². The predicted molar refractivity (Wildman–Crippen MR) is 42.9 cm³/mol. The van der Waals surface area contributed by atoms with Gasteiger partial charge in [-0.1, -0.05) is 6.92 Å². The zero-order chi connectivity index (χ0) is 6.97. The largest absolute Gasteiger partial charge is 0.313 e. The van der Waals surface area contributed by atoms with E-state index < -0.39 is 0 Å². The number of fused-ring (bicyclic) bond motifs is 1. The minimum Gasteiger partial charge on any atom is -0.313 e. The van der Waals surface area contributed by atoms with Crippen LogP contribution in [-0.4, -0.2) is 12.6 Å². The first-order valence-corrected chi connectivity index (χ1v) is 4.61. The molecule has 10 heavy (non-hydrogen) atoms. The average molecular weight is 139 g/mol. The minimum atomic E-state index is 0.883. The molecule has 1 heteroatoms. The lowest BCUT2D eigenvalue weighted by Gasteiger charge is -2.29. The van der Waals surface area contributed by atoms with Gasteiger partial charge in [-0.05, 0) is 44.1 Å². The van der Waals surface area contributed by atoms with Crippen molar-refractivity contribution in [3.05, 3.63) is 0 Å². The first kappa shape index (κ1) is 6.66. The van der Waals surface area contributed by atoms with E-state index in [2.05, 4.69) is 12.2 Å². The Balaban J connectivity index is 2.01. The monoisotopic (exact) mass is 139 g/mol. The molecule has 1 saturated carbocycles. The number of rotatable bonds is 0. The van der Waals surface area contributed by atoms with E-state index in [4.69, 9.17) is 0 Å². The fourth-order valence-electron chi connectivity index (χ4n) is 2.63. The summed E-state index contributed by atoms with van der Waals surface area (Å²) in [5.41, 5.74) is 0. The summed E-state index contributed by atoms with van der Waals surface area (Å²) < 4.78 is 0. The third-order valence-corrected chi connectivity index (χ3v) is 3.25. The molecule has 1 aliphatic heterocycles. The van der Waals surface area contributed by atoms with Crippen molar-refractivity contribution in [1.82, 2.24) is 5.32 Å². The second-order valence-corrected chi connectivity index (χ2v) is 3.94. The summed E-state index contributed by atoms with van der Waals surface area (Å²) in [7, 11) is 0. The van der Waals surface area contributed by atoms with Crippen molar-refractivity contribution >= 4 is 0 Å². The summed E-state index contributed by atoms with van der Waals surface area (Å²) in [5, 5.41) is 3.63. The molecule has 1 nitrogen and oxygen atoms in total. The molecule has 3 unspecified atom stereocenters. The topological polar surface area (TPSA) is 12.0 Å². The van der Waals surface area contributed by atoms with Crippen molar-refractivity contribution < 1.29 is 0 Å². The van der Waals surface area contributed by atoms with Crippen molar-refractivity contribution in [2.45, 2.75) is 38.6 Å². The Kier molecular flexibility index (Phi) is 1.69. The molecule has 58 valence electrons. The first-order valence-electron chi connectivity index (χ1n) is 4.61. The molecular weight excluding hydrogens is 122 g/mol. The van der Waals surface area contributed by atoms with Gasteiger partial charge in [-0.15, -0.1) is 0 Å². The van der Waals surface area contributed by atoms with Gasteiger partial charge in [0, 0.05) is 6.04 Å². The summed E-state index contributed by atoms with van der Waals surface area (Å²) in [6.45, 7) is 3.66. The molecule has 1 aliphatic carbocycles. The van der Waals surface area contributed by atoms with Gasteiger partial charge in [0.05, 0.1) is 0 Å². The lowest BCUT2D eigenvalue weighted by atomic mass is 9.91. The number of hydrogen-bond donors (Lipinski definition) is 1. The van der Waals surface area contributed by atoms with Crippen molar-refractivity contribution in [3.8, 4) is 0 Å². The van der Waals surface area contributed by atoms with Crippen LogP contribution in [0.4, 0.5) is 0 Å². The molecule has 3 atom stereocenters. The molecule has 1 heterocycles. The van der Waals surface area contributed by atoms with Crippen LogP contribution in [0.2, 0.25) is 0 Å². The Hall–Kier alpha value is -0.0400. The van der Waals surface area contributed by atoms with Crippen LogP contribution in [-0.2, 0) is 0 Å². The quantitative estimate of drug-likeness (QED) is 0.539. The van der Waals surface area contributed by atoms with Crippen LogP contribution in [0.3, 0.4) is 0 Å². The van der Waals surface area contributed by atoms with E-state index >= 15 is 0 Å². The summed E-state index contributed by atoms with van der Waals surface area (Å²) in [6.07, 6.45) is 5.84. The SMILES string of the molecule is CC1CCC2CCCNC12. The number of nitrogens with one attached hydrogen (secondary N) is 1. The molecule has 0 aromatic rings. The second-order valence-electron chi connectivity index (χ2n) is 3.94. The average Bonchev–Trinajstić information content (AvgIpc) is 2.34. The molecule has 1 N–H and O–H groups in total. The molecule has 0 aromatic carbocycles. The molecule has 0 aromatic heterocycles. The molecule has 0 spiro atoms. The smallest absolute Gasteiger partial charge is 0.0121 e. The van der Waals surface area contributed by atoms with Gasteiger partial charge in [0.1, 0.15) is 0 Å². The normalized spacial score (nSPS) is 47.1. The van der Waals surface area contributed by atoms with Crippen LogP contribution >= 0.6 is 0 Å². The first-order chi connectivity index (χ1) is 4.88. The standard InChI is InChI=1S/C9H17N/c1-7-4-5-8-3-2-6-10-9(7)8/h7-10H,2-6H2,1H3. The molecule has 2 fully saturated rings. The lowest BCUT2D eigenvalue weighted by Crippen LogP contribution is -2.41. The fourth-order valence-corrected chi connectivity index (χ4v) is 2.63.